The Morgan fingerprint density at radius 3 is 2.91 bits per heavy atom. The molecule has 122 valence electrons. The summed E-state index contributed by atoms with van der Waals surface area (Å²) in [7, 11) is 1.91. The summed E-state index contributed by atoms with van der Waals surface area (Å²) in [4.78, 5) is 12.5. The number of fused-ring (bicyclic) bond motifs is 1. The number of rotatable bonds is 3. The predicted octanol–water partition coefficient (Wildman–Crippen LogP) is 2.36. The first kappa shape index (κ1) is 15.6. The van der Waals surface area contributed by atoms with Crippen LogP contribution in [-0.4, -0.2) is 15.7 Å². The largest absolute Gasteiger partial charge is 0.399 e. The number of benzene rings is 1. The lowest BCUT2D eigenvalue weighted by Crippen LogP contribution is -2.32. The first-order chi connectivity index (χ1) is 11.0. The smallest absolute Gasteiger partial charge is 0.225 e. The van der Waals surface area contributed by atoms with Crippen LogP contribution in [0, 0.1) is 13.8 Å². The van der Waals surface area contributed by atoms with Gasteiger partial charge in [-0.25, -0.2) is 0 Å². The number of nitrogens with two attached hydrogens (primary N) is 1. The summed E-state index contributed by atoms with van der Waals surface area (Å²) in [6.45, 7) is 3.95. The van der Waals surface area contributed by atoms with E-state index in [9.17, 15) is 4.79 Å². The molecule has 0 aliphatic heterocycles. The van der Waals surface area contributed by atoms with E-state index >= 15 is 0 Å². The Hall–Kier alpha value is -2.30. The van der Waals surface area contributed by atoms with Gasteiger partial charge in [-0.3, -0.25) is 9.48 Å². The Kier molecular flexibility index (Phi) is 4.11. The van der Waals surface area contributed by atoms with Crippen molar-refractivity contribution in [2.45, 2.75) is 45.6 Å². The highest BCUT2D eigenvalue weighted by Gasteiger charge is 2.23. The molecule has 0 spiro atoms. The van der Waals surface area contributed by atoms with Crippen molar-refractivity contribution in [1.82, 2.24) is 15.1 Å². The van der Waals surface area contributed by atoms with Gasteiger partial charge in [0.15, 0.2) is 0 Å². The van der Waals surface area contributed by atoms with Crippen LogP contribution in [0.25, 0.3) is 0 Å². The van der Waals surface area contributed by atoms with Gasteiger partial charge >= 0.3 is 0 Å². The lowest BCUT2D eigenvalue weighted by molar-refractivity contribution is -0.121. The minimum atomic E-state index is 0.0545. The van der Waals surface area contributed by atoms with Crippen LogP contribution in [0.1, 0.15) is 47.0 Å². The topological polar surface area (TPSA) is 72.9 Å². The molecule has 1 aromatic carbocycles. The lowest BCUT2D eigenvalue weighted by atomic mass is 9.87. The summed E-state index contributed by atoms with van der Waals surface area (Å²) in [6, 6.07) is 6.08. The molecule has 1 unspecified atom stereocenters. The average Bonchev–Trinajstić information content (AvgIpc) is 2.73. The quantitative estimate of drug-likeness (QED) is 0.855. The summed E-state index contributed by atoms with van der Waals surface area (Å²) in [5.74, 6) is 0.0545. The Morgan fingerprint density at radius 2 is 2.22 bits per heavy atom. The summed E-state index contributed by atoms with van der Waals surface area (Å²) in [6.07, 6.45) is 3.47. The van der Waals surface area contributed by atoms with Crippen molar-refractivity contribution in [3.8, 4) is 0 Å². The molecular formula is C18H24N4O. The second kappa shape index (κ2) is 6.07. The minimum Gasteiger partial charge on any atom is -0.399 e. The molecule has 5 nitrogen and oxygen atoms in total. The van der Waals surface area contributed by atoms with Crippen LogP contribution >= 0.6 is 0 Å². The molecule has 23 heavy (non-hydrogen) atoms. The van der Waals surface area contributed by atoms with Gasteiger partial charge in [-0.2, -0.15) is 5.10 Å². The van der Waals surface area contributed by atoms with Gasteiger partial charge in [-0.05, 0) is 56.4 Å². The fourth-order valence-electron chi connectivity index (χ4n) is 3.46. The lowest BCUT2D eigenvalue weighted by Gasteiger charge is -2.26. The maximum atomic E-state index is 12.5. The van der Waals surface area contributed by atoms with E-state index in [1.165, 1.54) is 11.1 Å². The number of aromatic nitrogens is 2. The molecule has 2 aromatic rings. The van der Waals surface area contributed by atoms with Gasteiger partial charge in [-0.1, -0.05) is 6.07 Å². The van der Waals surface area contributed by atoms with E-state index in [1.54, 1.807) is 0 Å². The Labute approximate surface area is 136 Å². The van der Waals surface area contributed by atoms with E-state index in [0.29, 0.717) is 6.42 Å². The number of anilines is 1. The van der Waals surface area contributed by atoms with Gasteiger partial charge in [0.25, 0.3) is 0 Å². The third-order valence-electron chi connectivity index (χ3n) is 4.81. The van der Waals surface area contributed by atoms with E-state index in [4.69, 9.17) is 5.73 Å². The van der Waals surface area contributed by atoms with E-state index in [-0.39, 0.29) is 11.9 Å². The number of carbonyl (C=O) groups excluding carboxylic acids is 1. The molecule has 1 heterocycles. The summed E-state index contributed by atoms with van der Waals surface area (Å²) < 4.78 is 1.83. The van der Waals surface area contributed by atoms with Crippen molar-refractivity contribution in [3.63, 3.8) is 0 Å². The second-order valence-electron chi connectivity index (χ2n) is 6.42. The molecular weight excluding hydrogens is 288 g/mol. The second-order valence-corrected chi connectivity index (χ2v) is 6.42. The summed E-state index contributed by atoms with van der Waals surface area (Å²) in [5, 5.41) is 7.57. The van der Waals surface area contributed by atoms with Crippen LogP contribution in [0.4, 0.5) is 5.69 Å². The normalized spacial score (nSPS) is 16.9. The SMILES string of the molecule is Cc1nn(C)c(C)c1CC(=O)NC1CCCc2cc(N)ccc21. The highest BCUT2D eigenvalue weighted by molar-refractivity contribution is 5.79. The molecule has 0 saturated carbocycles. The number of amides is 1. The summed E-state index contributed by atoms with van der Waals surface area (Å²) >= 11 is 0. The van der Waals surface area contributed by atoms with Crippen molar-refractivity contribution >= 4 is 11.6 Å². The number of hydrogen-bond acceptors (Lipinski definition) is 3. The standard InChI is InChI=1S/C18H24N4O/c1-11-16(12(2)22(3)21-11)10-18(23)20-17-6-4-5-13-9-14(19)7-8-15(13)17/h7-9,17H,4-6,10,19H2,1-3H3,(H,20,23). The van der Waals surface area contributed by atoms with Crippen molar-refractivity contribution < 1.29 is 4.79 Å². The molecule has 1 atom stereocenters. The number of nitrogens with zero attached hydrogens (tertiary/aromatic N) is 2. The van der Waals surface area contributed by atoms with Crippen LogP contribution in [0.5, 0.6) is 0 Å². The number of nitrogens with one attached hydrogen (secondary N) is 1. The molecule has 3 N–H and O–H groups in total. The number of hydrogen-bond donors (Lipinski definition) is 2. The van der Waals surface area contributed by atoms with E-state index in [2.05, 4.69) is 16.5 Å². The first-order valence-electron chi connectivity index (χ1n) is 8.12. The third-order valence-corrected chi connectivity index (χ3v) is 4.81. The van der Waals surface area contributed by atoms with Crippen molar-refractivity contribution in [2.24, 2.45) is 7.05 Å². The van der Waals surface area contributed by atoms with Crippen LogP contribution in [0.15, 0.2) is 18.2 Å². The van der Waals surface area contributed by atoms with Gasteiger partial charge in [0.2, 0.25) is 5.91 Å². The Morgan fingerprint density at radius 1 is 1.43 bits per heavy atom. The van der Waals surface area contributed by atoms with Crippen molar-refractivity contribution in [3.05, 3.63) is 46.3 Å². The van der Waals surface area contributed by atoms with Crippen molar-refractivity contribution in [1.29, 1.82) is 0 Å². The molecule has 0 saturated heterocycles. The molecule has 1 aliphatic rings. The average molecular weight is 312 g/mol. The van der Waals surface area contributed by atoms with Crippen LogP contribution in [-0.2, 0) is 24.7 Å². The zero-order chi connectivity index (χ0) is 16.6. The zero-order valence-electron chi connectivity index (χ0n) is 14.0. The minimum absolute atomic E-state index is 0.0545. The van der Waals surface area contributed by atoms with E-state index in [0.717, 1.165) is 41.9 Å². The highest BCUT2D eigenvalue weighted by Crippen LogP contribution is 2.31. The summed E-state index contributed by atoms with van der Waals surface area (Å²) in [5.41, 5.74) is 12.1. The number of aryl methyl sites for hydroxylation is 3. The molecule has 0 radical (unpaired) electrons. The highest BCUT2D eigenvalue weighted by atomic mass is 16.1. The Bertz CT molecular complexity index is 748. The number of carbonyl (C=O) groups is 1. The first-order valence-corrected chi connectivity index (χ1v) is 8.12. The Balaban J connectivity index is 1.74. The predicted molar refractivity (Wildman–Crippen MR) is 91.1 cm³/mol. The molecule has 1 aromatic heterocycles. The van der Waals surface area contributed by atoms with Gasteiger partial charge in [0.1, 0.15) is 0 Å². The van der Waals surface area contributed by atoms with Crippen LogP contribution in [0.3, 0.4) is 0 Å². The maximum Gasteiger partial charge on any atom is 0.225 e. The van der Waals surface area contributed by atoms with Crippen LogP contribution < -0.4 is 11.1 Å². The fraction of sp³-hybridized carbons (Fsp3) is 0.444. The van der Waals surface area contributed by atoms with Crippen LogP contribution in [0.2, 0.25) is 0 Å². The molecule has 3 rings (SSSR count). The number of nitrogen functional groups attached to an aromatic ring is 1. The van der Waals surface area contributed by atoms with Crippen molar-refractivity contribution in [2.75, 3.05) is 5.73 Å². The van der Waals surface area contributed by atoms with Gasteiger partial charge in [0.05, 0.1) is 18.2 Å². The van der Waals surface area contributed by atoms with Gasteiger partial charge in [0, 0.05) is 24.0 Å². The third kappa shape index (κ3) is 3.09. The van der Waals surface area contributed by atoms with Gasteiger partial charge < -0.3 is 11.1 Å². The van der Waals surface area contributed by atoms with E-state index in [1.807, 2.05) is 37.7 Å². The maximum absolute atomic E-state index is 12.5. The fourth-order valence-corrected chi connectivity index (χ4v) is 3.46. The molecule has 0 fully saturated rings. The monoisotopic (exact) mass is 312 g/mol. The van der Waals surface area contributed by atoms with Gasteiger partial charge in [-0.15, -0.1) is 0 Å². The molecule has 0 bridgehead atoms. The molecule has 1 aliphatic carbocycles. The van der Waals surface area contributed by atoms with E-state index < -0.39 is 0 Å². The molecule has 1 amide bonds. The zero-order valence-corrected chi connectivity index (χ0v) is 14.0. The molecule has 5 heteroatoms.